The number of hydrogen-bond donors (Lipinski definition) is 0. The minimum absolute atomic E-state index is 0. The maximum Gasteiger partial charge on any atom is 0.0541 e. The van der Waals surface area contributed by atoms with Gasteiger partial charge in [0.1, 0.15) is 0 Å². The zero-order valence-corrected chi connectivity index (χ0v) is 21.4. The van der Waals surface area contributed by atoms with Crippen molar-refractivity contribution in [1.29, 1.82) is 0 Å². The Morgan fingerprint density at radius 1 is 0.350 bits per heavy atom. The number of benzene rings is 7. The third-order valence-electron chi connectivity index (χ3n) is 8.00. The molecule has 1 heteroatoms. The van der Waals surface area contributed by atoms with Gasteiger partial charge in [-0.3, -0.25) is 0 Å². The zero-order valence-electron chi connectivity index (χ0n) is 21.4. The molecular weight excluding hydrogens is 482 g/mol. The minimum Gasteiger partial charge on any atom is -0.309 e. The van der Waals surface area contributed by atoms with Gasteiger partial charge in [0.2, 0.25) is 0 Å². The van der Waals surface area contributed by atoms with Gasteiger partial charge in [0.25, 0.3) is 0 Å². The molecule has 0 aliphatic rings. The molecule has 0 bridgehead atoms. The molecule has 8 rings (SSSR count). The van der Waals surface area contributed by atoms with Crippen molar-refractivity contribution in [3.63, 3.8) is 0 Å². The summed E-state index contributed by atoms with van der Waals surface area (Å²) in [5.41, 5.74) is 8.63. The standard InChI is InChI=1S/C38H25N.CH4/c1-3-13-31-27(9-1)11-7-16-32(31)29-21-19-26(20-22-29)30-23-24-38-35(25-30)34-15-5-6-17-37(34)39(38)36-18-8-12-28-10-2-4-14-33(28)36;/h1-25H;1H4. The van der Waals surface area contributed by atoms with Crippen LogP contribution in [0.2, 0.25) is 0 Å². The molecule has 0 amide bonds. The van der Waals surface area contributed by atoms with E-state index >= 15 is 0 Å². The molecule has 1 aromatic heterocycles. The van der Waals surface area contributed by atoms with Gasteiger partial charge >= 0.3 is 0 Å². The molecule has 40 heavy (non-hydrogen) atoms. The summed E-state index contributed by atoms with van der Waals surface area (Å²) in [4.78, 5) is 0. The number of hydrogen-bond acceptors (Lipinski definition) is 0. The highest BCUT2D eigenvalue weighted by molar-refractivity contribution is 6.11. The second-order valence-corrected chi connectivity index (χ2v) is 10.2. The second kappa shape index (κ2) is 9.55. The monoisotopic (exact) mass is 511 g/mol. The predicted octanol–water partition coefficient (Wildman–Crippen LogP) is 11.1. The maximum atomic E-state index is 2.42. The molecular formula is C39H29N. The number of para-hydroxylation sites is 1. The van der Waals surface area contributed by atoms with Gasteiger partial charge < -0.3 is 4.57 Å². The highest BCUT2D eigenvalue weighted by Crippen LogP contribution is 2.37. The van der Waals surface area contributed by atoms with Crippen LogP contribution in [0.5, 0.6) is 0 Å². The minimum atomic E-state index is 0. The van der Waals surface area contributed by atoms with E-state index in [1.807, 2.05) is 0 Å². The lowest BCUT2D eigenvalue weighted by Gasteiger charge is -2.12. The van der Waals surface area contributed by atoms with Crippen LogP contribution in [-0.4, -0.2) is 4.57 Å². The molecule has 0 fully saturated rings. The van der Waals surface area contributed by atoms with Crippen molar-refractivity contribution < 1.29 is 0 Å². The number of fused-ring (bicyclic) bond motifs is 5. The summed E-state index contributed by atoms with van der Waals surface area (Å²) in [5.74, 6) is 0. The van der Waals surface area contributed by atoms with E-state index in [-0.39, 0.29) is 7.43 Å². The summed E-state index contributed by atoms with van der Waals surface area (Å²) in [6.45, 7) is 0. The van der Waals surface area contributed by atoms with Crippen LogP contribution in [0.25, 0.3) is 71.3 Å². The second-order valence-electron chi connectivity index (χ2n) is 10.2. The molecule has 0 spiro atoms. The molecule has 7 aromatic carbocycles. The van der Waals surface area contributed by atoms with Gasteiger partial charge in [-0.2, -0.15) is 0 Å². The van der Waals surface area contributed by atoms with Crippen molar-refractivity contribution >= 4 is 43.4 Å². The number of nitrogens with zero attached hydrogens (tertiary/aromatic N) is 1. The van der Waals surface area contributed by atoms with Crippen LogP contribution in [0.15, 0.2) is 152 Å². The smallest absolute Gasteiger partial charge is 0.0541 e. The van der Waals surface area contributed by atoms with Gasteiger partial charge in [-0.05, 0) is 62.7 Å². The van der Waals surface area contributed by atoms with Gasteiger partial charge in [0.05, 0.1) is 16.7 Å². The molecule has 1 nitrogen and oxygen atoms in total. The largest absolute Gasteiger partial charge is 0.309 e. The van der Waals surface area contributed by atoms with E-state index in [2.05, 4.69) is 156 Å². The van der Waals surface area contributed by atoms with E-state index in [9.17, 15) is 0 Å². The number of aromatic nitrogens is 1. The van der Waals surface area contributed by atoms with Crippen molar-refractivity contribution in [3.8, 4) is 27.9 Å². The quantitative estimate of drug-likeness (QED) is 0.222. The van der Waals surface area contributed by atoms with E-state index < -0.39 is 0 Å². The van der Waals surface area contributed by atoms with E-state index in [1.54, 1.807) is 0 Å². The lowest BCUT2D eigenvalue weighted by atomic mass is 9.96. The van der Waals surface area contributed by atoms with Crippen LogP contribution < -0.4 is 0 Å². The van der Waals surface area contributed by atoms with Gasteiger partial charge in [-0.15, -0.1) is 0 Å². The Labute approximate surface area is 234 Å². The Kier molecular flexibility index (Phi) is 5.72. The highest BCUT2D eigenvalue weighted by Gasteiger charge is 2.15. The Hall–Kier alpha value is -5.14. The summed E-state index contributed by atoms with van der Waals surface area (Å²) in [5, 5.41) is 7.62. The summed E-state index contributed by atoms with van der Waals surface area (Å²) in [6, 6.07) is 55.0. The Morgan fingerprint density at radius 2 is 0.900 bits per heavy atom. The summed E-state index contributed by atoms with van der Waals surface area (Å²) in [6.07, 6.45) is 0. The Bertz CT molecular complexity index is 2150. The molecule has 1 heterocycles. The molecule has 0 saturated carbocycles. The molecule has 0 radical (unpaired) electrons. The topological polar surface area (TPSA) is 4.93 Å². The van der Waals surface area contributed by atoms with E-state index in [0.29, 0.717) is 0 Å². The first-order valence-corrected chi connectivity index (χ1v) is 13.5. The molecule has 0 aliphatic heterocycles. The van der Waals surface area contributed by atoms with E-state index in [1.165, 1.54) is 71.3 Å². The first-order valence-electron chi connectivity index (χ1n) is 13.5. The molecule has 0 unspecified atom stereocenters. The van der Waals surface area contributed by atoms with E-state index in [4.69, 9.17) is 0 Å². The average molecular weight is 512 g/mol. The SMILES string of the molecule is C.c1ccc2c(-c3ccc(-c4ccc5c(c4)c4ccccc4n5-c4cccc5ccccc45)cc3)cccc2c1. The first-order chi connectivity index (χ1) is 19.3. The fraction of sp³-hybridized carbons (Fsp3) is 0.0256. The summed E-state index contributed by atoms with van der Waals surface area (Å²) in [7, 11) is 0. The Balaban J connectivity index is 0.00000264. The normalized spacial score (nSPS) is 11.3. The third-order valence-corrected chi connectivity index (χ3v) is 8.00. The molecule has 190 valence electrons. The van der Waals surface area contributed by atoms with Crippen LogP contribution in [0.4, 0.5) is 0 Å². The lowest BCUT2D eigenvalue weighted by molar-refractivity contribution is 1.20. The van der Waals surface area contributed by atoms with Crippen molar-refractivity contribution in [2.24, 2.45) is 0 Å². The molecule has 8 aromatic rings. The Morgan fingerprint density at radius 3 is 1.70 bits per heavy atom. The zero-order chi connectivity index (χ0) is 25.8. The maximum absolute atomic E-state index is 2.42. The van der Waals surface area contributed by atoms with Crippen molar-refractivity contribution in [1.82, 2.24) is 4.57 Å². The van der Waals surface area contributed by atoms with Gasteiger partial charge in [0.15, 0.2) is 0 Å². The van der Waals surface area contributed by atoms with E-state index in [0.717, 1.165) is 0 Å². The number of rotatable bonds is 3. The molecule has 0 aliphatic carbocycles. The third kappa shape index (κ3) is 3.71. The van der Waals surface area contributed by atoms with Gasteiger partial charge in [0, 0.05) is 16.2 Å². The highest BCUT2D eigenvalue weighted by atomic mass is 15.0. The van der Waals surface area contributed by atoms with Gasteiger partial charge in [-0.25, -0.2) is 0 Å². The first kappa shape index (κ1) is 23.9. The van der Waals surface area contributed by atoms with Crippen LogP contribution in [0.3, 0.4) is 0 Å². The van der Waals surface area contributed by atoms with Crippen molar-refractivity contribution in [2.45, 2.75) is 7.43 Å². The average Bonchev–Trinajstić information content (AvgIpc) is 3.34. The summed E-state index contributed by atoms with van der Waals surface area (Å²) < 4.78 is 2.42. The summed E-state index contributed by atoms with van der Waals surface area (Å²) >= 11 is 0. The van der Waals surface area contributed by atoms with Crippen LogP contribution in [0.1, 0.15) is 7.43 Å². The van der Waals surface area contributed by atoms with Crippen LogP contribution in [0, 0.1) is 0 Å². The van der Waals surface area contributed by atoms with Gasteiger partial charge in [-0.1, -0.05) is 135 Å². The predicted molar refractivity (Wildman–Crippen MR) is 173 cm³/mol. The van der Waals surface area contributed by atoms with Crippen LogP contribution in [-0.2, 0) is 0 Å². The fourth-order valence-corrected chi connectivity index (χ4v) is 6.13. The van der Waals surface area contributed by atoms with Crippen molar-refractivity contribution in [2.75, 3.05) is 0 Å². The molecule has 0 N–H and O–H groups in total. The lowest BCUT2D eigenvalue weighted by Crippen LogP contribution is -1.95. The molecule has 0 atom stereocenters. The van der Waals surface area contributed by atoms with Crippen molar-refractivity contribution in [3.05, 3.63) is 152 Å². The molecule has 0 saturated heterocycles. The fourth-order valence-electron chi connectivity index (χ4n) is 6.13. The van der Waals surface area contributed by atoms with Crippen LogP contribution >= 0.6 is 0 Å².